The van der Waals surface area contributed by atoms with Crippen LogP contribution in [-0.4, -0.2) is 31.5 Å². The molecule has 0 spiro atoms. The smallest absolute Gasteiger partial charge is 0.225 e. The average molecular weight is 321 g/mol. The van der Waals surface area contributed by atoms with Crippen LogP contribution in [0.15, 0.2) is 46.5 Å². The molecule has 22 heavy (non-hydrogen) atoms. The van der Waals surface area contributed by atoms with Crippen molar-refractivity contribution in [1.29, 1.82) is 0 Å². The van der Waals surface area contributed by atoms with E-state index in [9.17, 15) is 12.8 Å². The van der Waals surface area contributed by atoms with E-state index in [0.717, 1.165) is 38.1 Å². The van der Waals surface area contributed by atoms with Crippen LogP contribution >= 0.6 is 0 Å². The third kappa shape index (κ3) is 2.94. The van der Waals surface area contributed by atoms with E-state index in [1.165, 1.54) is 30.9 Å². The van der Waals surface area contributed by atoms with Crippen molar-refractivity contribution in [2.45, 2.75) is 29.1 Å². The molecule has 0 radical (unpaired) electrons. The summed E-state index contributed by atoms with van der Waals surface area (Å²) in [6.45, 7) is 1.79. The molecule has 1 saturated heterocycles. The largest absolute Gasteiger partial charge is 0.341 e. The predicted octanol–water partition coefficient (Wildman–Crippen LogP) is 2.44. The lowest BCUT2D eigenvalue weighted by Gasteiger charge is -2.26. The molecule has 0 aliphatic carbocycles. The number of hydrogen-bond acceptors (Lipinski definition) is 5. The van der Waals surface area contributed by atoms with Gasteiger partial charge in [0.2, 0.25) is 15.8 Å². The highest BCUT2D eigenvalue weighted by Gasteiger charge is 2.20. The van der Waals surface area contributed by atoms with Gasteiger partial charge in [-0.15, -0.1) is 0 Å². The molecule has 0 amide bonds. The summed E-state index contributed by atoms with van der Waals surface area (Å²) in [7, 11) is -3.71. The van der Waals surface area contributed by atoms with Crippen LogP contribution in [0.5, 0.6) is 0 Å². The fourth-order valence-electron chi connectivity index (χ4n) is 2.46. The summed E-state index contributed by atoms with van der Waals surface area (Å²) in [6.07, 6.45) is 6.02. The molecule has 1 aromatic carbocycles. The molecule has 3 rings (SSSR count). The van der Waals surface area contributed by atoms with Crippen LogP contribution in [0.3, 0.4) is 0 Å². The van der Waals surface area contributed by atoms with Gasteiger partial charge in [0.15, 0.2) is 0 Å². The number of hydrogen-bond donors (Lipinski definition) is 0. The zero-order valence-electron chi connectivity index (χ0n) is 11.9. The van der Waals surface area contributed by atoms with E-state index in [1.54, 1.807) is 0 Å². The Labute approximate surface area is 128 Å². The third-order valence-electron chi connectivity index (χ3n) is 3.69. The Hall–Kier alpha value is -2.02. The van der Waals surface area contributed by atoms with E-state index < -0.39 is 15.7 Å². The Morgan fingerprint density at radius 2 is 1.50 bits per heavy atom. The second kappa shape index (κ2) is 6.00. The minimum absolute atomic E-state index is 0.0138. The van der Waals surface area contributed by atoms with Crippen LogP contribution in [0, 0.1) is 5.82 Å². The minimum atomic E-state index is -3.71. The summed E-state index contributed by atoms with van der Waals surface area (Å²) in [4.78, 5) is 10.4. The molecule has 1 aliphatic heterocycles. The van der Waals surface area contributed by atoms with Gasteiger partial charge in [0, 0.05) is 13.1 Å². The first-order valence-corrected chi connectivity index (χ1v) is 8.63. The highest BCUT2D eigenvalue weighted by Crippen LogP contribution is 2.21. The van der Waals surface area contributed by atoms with Crippen LogP contribution in [0.4, 0.5) is 10.3 Å². The molecule has 0 saturated carbocycles. The van der Waals surface area contributed by atoms with Gasteiger partial charge in [-0.1, -0.05) is 0 Å². The summed E-state index contributed by atoms with van der Waals surface area (Å²) in [5.74, 6) is 0.0772. The summed E-state index contributed by atoms with van der Waals surface area (Å²) in [5.41, 5.74) is 0. The number of aromatic nitrogens is 2. The third-order valence-corrected chi connectivity index (χ3v) is 5.41. The molecule has 116 valence electrons. The zero-order valence-corrected chi connectivity index (χ0v) is 12.8. The average Bonchev–Trinajstić information content (AvgIpc) is 2.56. The van der Waals surface area contributed by atoms with E-state index in [4.69, 9.17) is 0 Å². The van der Waals surface area contributed by atoms with E-state index in [2.05, 4.69) is 14.9 Å². The highest BCUT2D eigenvalue weighted by atomic mass is 32.2. The topological polar surface area (TPSA) is 63.2 Å². The maximum absolute atomic E-state index is 12.9. The van der Waals surface area contributed by atoms with Crippen molar-refractivity contribution in [2.75, 3.05) is 18.0 Å². The SMILES string of the molecule is O=S(=O)(c1ccc(F)cc1)c1cnc(N2CCCCC2)nc1. The van der Waals surface area contributed by atoms with Gasteiger partial charge in [-0.25, -0.2) is 22.8 Å². The summed E-state index contributed by atoms with van der Waals surface area (Å²) < 4.78 is 37.7. The summed E-state index contributed by atoms with van der Waals surface area (Å²) in [5, 5.41) is 0. The van der Waals surface area contributed by atoms with E-state index >= 15 is 0 Å². The molecule has 1 aliphatic rings. The summed E-state index contributed by atoms with van der Waals surface area (Å²) >= 11 is 0. The van der Waals surface area contributed by atoms with Gasteiger partial charge in [-0.05, 0) is 43.5 Å². The molecule has 7 heteroatoms. The molecule has 2 aromatic rings. The van der Waals surface area contributed by atoms with Gasteiger partial charge in [0.1, 0.15) is 10.7 Å². The number of nitrogens with zero attached hydrogens (tertiary/aromatic N) is 3. The first kappa shape index (κ1) is 14.9. The second-order valence-corrected chi connectivity index (χ2v) is 7.17. The van der Waals surface area contributed by atoms with E-state index in [-0.39, 0.29) is 9.79 Å². The van der Waals surface area contributed by atoms with Gasteiger partial charge in [0.05, 0.1) is 17.3 Å². The second-order valence-electron chi connectivity index (χ2n) is 5.22. The molecular formula is C15H16FN3O2S. The molecule has 1 aromatic heterocycles. The van der Waals surface area contributed by atoms with Gasteiger partial charge in [-0.2, -0.15) is 0 Å². The number of anilines is 1. The predicted molar refractivity (Wildman–Crippen MR) is 79.9 cm³/mol. The lowest BCUT2D eigenvalue weighted by molar-refractivity contribution is 0.566. The maximum Gasteiger partial charge on any atom is 0.225 e. The highest BCUT2D eigenvalue weighted by molar-refractivity contribution is 7.91. The van der Waals surface area contributed by atoms with Crippen molar-refractivity contribution in [3.8, 4) is 0 Å². The Morgan fingerprint density at radius 1 is 0.909 bits per heavy atom. The quantitative estimate of drug-likeness (QED) is 0.813. The lowest BCUT2D eigenvalue weighted by Crippen LogP contribution is -2.31. The minimum Gasteiger partial charge on any atom is -0.341 e. The van der Waals surface area contributed by atoms with Gasteiger partial charge in [-0.3, -0.25) is 0 Å². The molecule has 1 fully saturated rings. The maximum atomic E-state index is 12.9. The van der Waals surface area contributed by atoms with Crippen molar-refractivity contribution >= 4 is 15.8 Å². The molecule has 5 nitrogen and oxygen atoms in total. The number of rotatable bonds is 3. The lowest BCUT2D eigenvalue weighted by atomic mass is 10.1. The molecule has 0 N–H and O–H groups in total. The fourth-order valence-corrected chi connectivity index (χ4v) is 3.60. The van der Waals surface area contributed by atoms with Crippen LogP contribution in [0.1, 0.15) is 19.3 Å². The number of benzene rings is 1. The van der Waals surface area contributed by atoms with Gasteiger partial charge < -0.3 is 4.90 Å². The number of sulfone groups is 1. The molecular weight excluding hydrogens is 305 g/mol. The number of halogens is 1. The van der Waals surface area contributed by atoms with Gasteiger partial charge in [0.25, 0.3) is 0 Å². The van der Waals surface area contributed by atoms with Crippen LogP contribution < -0.4 is 4.90 Å². The van der Waals surface area contributed by atoms with Crippen molar-refractivity contribution in [2.24, 2.45) is 0 Å². The fraction of sp³-hybridized carbons (Fsp3) is 0.333. The van der Waals surface area contributed by atoms with Crippen LogP contribution in [-0.2, 0) is 9.84 Å². The molecule has 0 atom stereocenters. The Morgan fingerprint density at radius 3 is 2.09 bits per heavy atom. The van der Waals surface area contributed by atoms with Crippen molar-refractivity contribution in [1.82, 2.24) is 9.97 Å². The summed E-state index contributed by atoms with van der Waals surface area (Å²) in [6, 6.07) is 4.72. The normalized spacial score (nSPS) is 15.8. The van der Waals surface area contributed by atoms with E-state index in [0.29, 0.717) is 5.95 Å². The number of piperidine rings is 1. The first-order valence-electron chi connectivity index (χ1n) is 7.15. The zero-order chi connectivity index (χ0) is 15.6. The molecule has 0 bridgehead atoms. The first-order chi connectivity index (χ1) is 10.6. The van der Waals surface area contributed by atoms with Gasteiger partial charge >= 0.3 is 0 Å². The van der Waals surface area contributed by atoms with Crippen molar-refractivity contribution in [3.05, 3.63) is 42.5 Å². The Kier molecular flexibility index (Phi) is 4.06. The van der Waals surface area contributed by atoms with Crippen LogP contribution in [0.25, 0.3) is 0 Å². The molecule has 0 unspecified atom stereocenters. The monoisotopic (exact) mass is 321 g/mol. The van der Waals surface area contributed by atoms with Crippen molar-refractivity contribution in [3.63, 3.8) is 0 Å². The standard InChI is InChI=1S/C15H16FN3O2S/c16-12-4-6-13(7-5-12)22(20,21)14-10-17-15(18-11-14)19-8-2-1-3-9-19/h4-7,10-11H,1-3,8-9H2. The van der Waals surface area contributed by atoms with Crippen LogP contribution in [0.2, 0.25) is 0 Å². The van der Waals surface area contributed by atoms with E-state index in [1.807, 2.05) is 0 Å². The Balaban J connectivity index is 1.86. The Bertz CT molecular complexity index is 739. The molecule has 2 heterocycles. The van der Waals surface area contributed by atoms with Crippen molar-refractivity contribution < 1.29 is 12.8 Å².